The van der Waals surface area contributed by atoms with Gasteiger partial charge in [-0.05, 0) is 32.5 Å². The van der Waals surface area contributed by atoms with Crippen LogP contribution in [0.25, 0.3) is 0 Å². The molecule has 17 heavy (non-hydrogen) atoms. The van der Waals surface area contributed by atoms with E-state index in [1.165, 1.54) is 0 Å². The van der Waals surface area contributed by atoms with Crippen LogP contribution in [0.1, 0.15) is 17.9 Å². The number of rotatable bonds is 5. The van der Waals surface area contributed by atoms with Crippen LogP contribution in [0.2, 0.25) is 0 Å². The van der Waals surface area contributed by atoms with E-state index in [9.17, 15) is 0 Å². The van der Waals surface area contributed by atoms with Crippen molar-refractivity contribution in [2.24, 2.45) is 11.7 Å². The van der Waals surface area contributed by atoms with Crippen LogP contribution < -0.4 is 5.73 Å². The molecule has 2 unspecified atom stereocenters. The fraction of sp³-hybridized carbons (Fsp3) is 0.692. The first-order valence-corrected chi connectivity index (χ1v) is 6.24. The normalized spacial score (nSPS) is 22.2. The second kappa shape index (κ2) is 5.67. The number of nitrogens with two attached hydrogens (primary N) is 1. The minimum absolute atomic E-state index is 0.378. The molecule has 0 bridgehead atoms. The molecular weight excluding hydrogens is 216 g/mol. The number of likely N-dealkylation sites (N-methyl/N-ethyl adjacent to an activating group) is 1. The molecule has 1 saturated heterocycles. The molecule has 4 nitrogen and oxygen atoms in total. The van der Waals surface area contributed by atoms with Gasteiger partial charge in [0.1, 0.15) is 11.5 Å². The van der Waals surface area contributed by atoms with Gasteiger partial charge in [0, 0.05) is 25.1 Å². The molecule has 0 saturated carbocycles. The summed E-state index contributed by atoms with van der Waals surface area (Å²) in [6.07, 6.45) is 1.11. The van der Waals surface area contributed by atoms with Crippen molar-refractivity contribution in [2.45, 2.75) is 25.9 Å². The third kappa shape index (κ3) is 3.09. The van der Waals surface area contributed by atoms with Gasteiger partial charge in [-0.3, -0.25) is 4.90 Å². The Morgan fingerprint density at radius 1 is 1.53 bits per heavy atom. The van der Waals surface area contributed by atoms with Crippen LogP contribution in [0.15, 0.2) is 16.5 Å². The van der Waals surface area contributed by atoms with Crippen LogP contribution in [-0.2, 0) is 11.3 Å². The Labute approximate surface area is 103 Å². The Bertz CT molecular complexity index is 345. The summed E-state index contributed by atoms with van der Waals surface area (Å²) in [6, 6.07) is 4.41. The minimum Gasteiger partial charge on any atom is -0.465 e. The lowest BCUT2D eigenvalue weighted by Gasteiger charge is -2.30. The van der Waals surface area contributed by atoms with E-state index in [1.807, 2.05) is 19.1 Å². The Morgan fingerprint density at radius 3 is 2.88 bits per heavy atom. The second-order valence-corrected chi connectivity index (χ2v) is 4.85. The van der Waals surface area contributed by atoms with Crippen LogP contribution in [0.4, 0.5) is 0 Å². The third-order valence-electron chi connectivity index (χ3n) is 3.52. The number of hydrogen-bond donors (Lipinski definition) is 1. The molecule has 1 aromatic rings. The summed E-state index contributed by atoms with van der Waals surface area (Å²) in [6.45, 7) is 5.16. The van der Waals surface area contributed by atoms with Gasteiger partial charge < -0.3 is 14.9 Å². The van der Waals surface area contributed by atoms with Gasteiger partial charge in [0.15, 0.2) is 0 Å². The van der Waals surface area contributed by atoms with Crippen molar-refractivity contribution < 1.29 is 9.15 Å². The summed E-state index contributed by atoms with van der Waals surface area (Å²) in [5.74, 6) is 2.52. The predicted octanol–water partition coefficient (Wildman–Crippen LogP) is 1.38. The van der Waals surface area contributed by atoms with E-state index >= 15 is 0 Å². The maximum atomic E-state index is 5.88. The number of hydrogen-bond acceptors (Lipinski definition) is 4. The van der Waals surface area contributed by atoms with Gasteiger partial charge in [-0.2, -0.15) is 0 Å². The van der Waals surface area contributed by atoms with Gasteiger partial charge in [-0.1, -0.05) is 0 Å². The van der Waals surface area contributed by atoms with E-state index < -0.39 is 0 Å². The number of furan rings is 1. The summed E-state index contributed by atoms with van der Waals surface area (Å²) in [5.41, 5.74) is 5.88. The zero-order valence-electron chi connectivity index (χ0n) is 10.7. The highest BCUT2D eigenvalue weighted by atomic mass is 16.5. The molecule has 0 radical (unpaired) electrons. The number of aryl methyl sites for hydroxylation is 1. The fourth-order valence-electron chi connectivity index (χ4n) is 2.52. The molecular formula is C13H22N2O2. The molecule has 1 aliphatic rings. The SMILES string of the molecule is Cc1ccc(CN(C)C(CN)C2CCOC2)o1. The number of ether oxygens (including phenoxy) is 1. The summed E-state index contributed by atoms with van der Waals surface area (Å²) in [7, 11) is 2.10. The van der Waals surface area contributed by atoms with Crippen molar-refractivity contribution in [3.05, 3.63) is 23.7 Å². The van der Waals surface area contributed by atoms with Crippen molar-refractivity contribution in [1.29, 1.82) is 0 Å². The fourth-order valence-corrected chi connectivity index (χ4v) is 2.52. The zero-order valence-corrected chi connectivity index (χ0v) is 10.7. The second-order valence-electron chi connectivity index (χ2n) is 4.85. The van der Waals surface area contributed by atoms with E-state index in [-0.39, 0.29) is 0 Å². The first-order valence-electron chi connectivity index (χ1n) is 6.24. The predicted molar refractivity (Wildman–Crippen MR) is 66.7 cm³/mol. The maximum absolute atomic E-state index is 5.88. The van der Waals surface area contributed by atoms with E-state index in [2.05, 4.69) is 11.9 Å². The molecule has 2 atom stereocenters. The Morgan fingerprint density at radius 2 is 2.35 bits per heavy atom. The van der Waals surface area contributed by atoms with E-state index in [0.29, 0.717) is 18.5 Å². The van der Waals surface area contributed by atoms with Crippen molar-refractivity contribution in [2.75, 3.05) is 26.8 Å². The lowest BCUT2D eigenvalue weighted by atomic mass is 9.98. The quantitative estimate of drug-likeness (QED) is 0.842. The van der Waals surface area contributed by atoms with Crippen LogP contribution in [-0.4, -0.2) is 37.7 Å². The Hall–Kier alpha value is -0.840. The highest BCUT2D eigenvalue weighted by molar-refractivity contribution is 5.05. The van der Waals surface area contributed by atoms with E-state index in [1.54, 1.807) is 0 Å². The largest absolute Gasteiger partial charge is 0.465 e. The summed E-state index contributed by atoms with van der Waals surface area (Å²) in [4.78, 5) is 2.28. The van der Waals surface area contributed by atoms with E-state index in [0.717, 1.165) is 37.7 Å². The standard InChI is InChI=1S/C13H22N2O2/c1-10-3-4-12(17-10)8-15(2)13(7-14)11-5-6-16-9-11/h3-4,11,13H,5-9,14H2,1-2H3. The Balaban J connectivity index is 1.94. The van der Waals surface area contributed by atoms with Gasteiger partial charge in [0.2, 0.25) is 0 Å². The first-order chi connectivity index (χ1) is 8.20. The van der Waals surface area contributed by atoms with Crippen molar-refractivity contribution in [3.63, 3.8) is 0 Å². The van der Waals surface area contributed by atoms with E-state index in [4.69, 9.17) is 14.9 Å². The molecule has 1 aliphatic heterocycles. The van der Waals surface area contributed by atoms with Crippen LogP contribution >= 0.6 is 0 Å². The average Bonchev–Trinajstić information content (AvgIpc) is 2.92. The molecule has 2 N–H and O–H groups in total. The van der Waals surface area contributed by atoms with Gasteiger partial charge in [0.25, 0.3) is 0 Å². The average molecular weight is 238 g/mol. The maximum Gasteiger partial charge on any atom is 0.118 e. The van der Waals surface area contributed by atoms with Gasteiger partial charge >= 0.3 is 0 Å². The monoisotopic (exact) mass is 238 g/mol. The summed E-state index contributed by atoms with van der Waals surface area (Å²) < 4.78 is 11.0. The lowest BCUT2D eigenvalue weighted by molar-refractivity contribution is 0.131. The van der Waals surface area contributed by atoms with Crippen LogP contribution in [0, 0.1) is 12.8 Å². The van der Waals surface area contributed by atoms with Crippen LogP contribution in [0.5, 0.6) is 0 Å². The third-order valence-corrected chi connectivity index (χ3v) is 3.52. The zero-order chi connectivity index (χ0) is 12.3. The number of nitrogens with zero attached hydrogens (tertiary/aromatic N) is 1. The first kappa shape index (κ1) is 12.6. The van der Waals surface area contributed by atoms with Crippen molar-refractivity contribution in [3.8, 4) is 0 Å². The lowest BCUT2D eigenvalue weighted by Crippen LogP contribution is -2.43. The van der Waals surface area contributed by atoms with Gasteiger partial charge in [-0.15, -0.1) is 0 Å². The molecule has 0 amide bonds. The molecule has 0 aromatic carbocycles. The molecule has 1 aromatic heterocycles. The molecule has 96 valence electrons. The van der Waals surface area contributed by atoms with Crippen molar-refractivity contribution in [1.82, 2.24) is 4.90 Å². The highest BCUT2D eigenvalue weighted by Crippen LogP contribution is 2.21. The summed E-state index contributed by atoms with van der Waals surface area (Å²) >= 11 is 0. The molecule has 1 fully saturated rings. The summed E-state index contributed by atoms with van der Waals surface area (Å²) in [5, 5.41) is 0. The molecule has 0 spiro atoms. The highest BCUT2D eigenvalue weighted by Gasteiger charge is 2.28. The molecule has 0 aliphatic carbocycles. The smallest absolute Gasteiger partial charge is 0.118 e. The van der Waals surface area contributed by atoms with Gasteiger partial charge in [0.05, 0.1) is 13.2 Å². The minimum atomic E-state index is 0.378. The molecule has 2 heterocycles. The van der Waals surface area contributed by atoms with Crippen molar-refractivity contribution >= 4 is 0 Å². The molecule has 2 rings (SSSR count). The topological polar surface area (TPSA) is 51.6 Å². The van der Waals surface area contributed by atoms with Crippen LogP contribution in [0.3, 0.4) is 0 Å². The van der Waals surface area contributed by atoms with Gasteiger partial charge in [-0.25, -0.2) is 0 Å². The Kier molecular flexibility index (Phi) is 4.20. The molecule has 4 heteroatoms.